The molecule has 0 N–H and O–H groups in total. The molecule has 4 aromatic rings. The number of nitrogens with zero attached hydrogens (tertiary/aromatic N) is 4. The SMILES string of the molecule is c1ccc(Cc2nc(-c3ccccn3)n3ccccc23)nc1. The van der Waals surface area contributed by atoms with Crippen molar-refractivity contribution < 1.29 is 0 Å². The Bertz CT molecular complexity index is 898. The van der Waals surface area contributed by atoms with Crippen LogP contribution in [0.5, 0.6) is 0 Å². The third kappa shape index (κ3) is 2.24. The average Bonchev–Trinajstić information content (AvgIpc) is 2.96. The summed E-state index contributed by atoms with van der Waals surface area (Å²) in [7, 11) is 0. The first-order chi connectivity index (χ1) is 10.9. The van der Waals surface area contributed by atoms with Gasteiger partial charge in [-0.15, -0.1) is 0 Å². The van der Waals surface area contributed by atoms with Crippen molar-refractivity contribution in [3.05, 3.63) is 84.6 Å². The second kappa shape index (κ2) is 5.41. The van der Waals surface area contributed by atoms with Gasteiger partial charge in [0.15, 0.2) is 5.82 Å². The molecule has 0 radical (unpaired) electrons. The third-order valence-electron chi connectivity index (χ3n) is 3.59. The van der Waals surface area contributed by atoms with Gasteiger partial charge < -0.3 is 0 Å². The van der Waals surface area contributed by atoms with Crippen molar-refractivity contribution >= 4 is 5.52 Å². The normalized spacial score (nSPS) is 10.9. The van der Waals surface area contributed by atoms with E-state index in [1.807, 2.05) is 60.9 Å². The van der Waals surface area contributed by atoms with Crippen molar-refractivity contribution in [3.8, 4) is 11.5 Å². The Morgan fingerprint density at radius 1 is 0.818 bits per heavy atom. The van der Waals surface area contributed by atoms with Gasteiger partial charge in [0.25, 0.3) is 0 Å². The van der Waals surface area contributed by atoms with Crippen molar-refractivity contribution in [3.63, 3.8) is 0 Å². The van der Waals surface area contributed by atoms with Crippen LogP contribution in [-0.4, -0.2) is 19.4 Å². The minimum absolute atomic E-state index is 0.710. The molecule has 0 aliphatic rings. The highest BCUT2D eigenvalue weighted by Gasteiger charge is 2.13. The summed E-state index contributed by atoms with van der Waals surface area (Å²) < 4.78 is 2.08. The van der Waals surface area contributed by atoms with Gasteiger partial charge in [0.05, 0.1) is 11.2 Å². The van der Waals surface area contributed by atoms with E-state index >= 15 is 0 Å². The summed E-state index contributed by atoms with van der Waals surface area (Å²) in [6.45, 7) is 0. The molecule has 0 fully saturated rings. The van der Waals surface area contributed by atoms with Crippen molar-refractivity contribution in [1.82, 2.24) is 19.4 Å². The molecule has 0 aliphatic carbocycles. The fraction of sp³-hybridized carbons (Fsp3) is 0.0556. The van der Waals surface area contributed by atoms with E-state index in [1.165, 1.54) is 0 Å². The molecular formula is C18H14N4. The topological polar surface area (TPSA) is 43.1 Å². The molecule has 4 heterocycles. The highest BCUT2D eigenvalue weighted by Crippen LogP contribution is 2.22. The Labute approximate surface area is 128 Å². The third-order valence-corrected chi connectivity index (χ3v) is 3.59. The van der Waals surface area contributed by atoms with Gasteiger partial charge in [0.1, 0.15) is 5.69 Å². The second-order valence-electron chi connectivity index (χ2n) is 5.05. The maximum atomic E-state index is 4.82. The predicted molar refractivity (Wildman–Crippen MR) is 85.5 cm³/mol. The fourth-order valence-corrected chi connectivity index (χ4v) is 2.58. The summed E-state index contributed by atoms with van der Waals surface area (Å²) in [6, 6.07) is 17.9. The lowest BCUT2D eigenvalue weighted by Crippen LogP contribution is -1.92. The van der Waals surface area contributed by atoms with Crippen LogP contribution in [0.4, 0.5) is 0 Å². The van der Waals surface area contributed by atoms with Crippen LogP contribution in [0, 0.1) is 0 Å². The molecule has 106 valence electrons. The lowest BCUT2D eigenvalue weighted by atomic mass is 10.2. The predicted octanol–water partition coefficient (Wildman–Crippen LogP) is 3.38. The largest absolute Gasteiger partial charge is 0.298 e. The molecular weight excluding hydrogens is 272 g/mol. The van der Waals surface area contributed by atoms with Gasteiger partial charge in [-0.3, -0.25) is 14.4 Å². The molecule has 0 aliphatic heterocycles. The molecule has 0 bridgehead atoms. The molecule has 4 heteroatoms. The van der Waals surface area contributed by atoms with E-state index in [0.29, 0.717) is 6.42 Å². The summed E-state index contributed by atoms with van der Waals surface area (Å²) in [5.74, 6) is 0.863. The van der Waals surface area contributed by atoms with Crippen LogP contribution in [0.25, 0.3) is 17.0 Å². The van der Waals surface area contributed by atoms with E-state index < -0.39 is 0 Å². The van der Waals surface area contributed by atoms with Gasteiger partial charge in [-0.1, -0.05) is 18.2 Å². The molecule has 0 atom stereocenters. The van der Waals surface area contributed by atoms with Crippen molar-refractivity contribution in [1.29, 1.82) is 0 Å². The first kappa shape index (κ1) is 12.7. The zero-order valence-electron chi connectivity index (χ0n) is 11.9. The number of rotatable bonds is 3. The maximum absolute atomic E-state index is 4.82. The average molecular weight is 286 g/mol. The van der Waals surface area contributed by atoms with Crippen molar-refractivity contribution in [2.24, 2.45) is 0 Å². The Morgan fingerprint density at radius 2 is 1.64 bits per heavy atom. The van der Waals surface area contributed by atoms with Crippen LogP contribution in [0.1, 0.15) is 11.4 Å². The zero-order chi connectivity index (χ0) is 14.8. The lowest BCUT2D eigenvalue weighted by molar-refractivity contribution is 1.04. The van der Waals surface area contributed by atoms with E-state index in [4.69, 9.17) is 4.98 Å². The summed E-state index contributed by atoms with van der Waals surface area (Å²) in [4.78, 5) is 13.6. The smallest absolute Gasteiger partial charge is 0.163 e. The Kier molecular flexibility index (Phi) is 3.12. The van der Waals surface area contributed by atoms with Crippen molar-refractivity contribution in [2.45, 2.75) is 6.42 Å². The first-order valence-corrected chi connectivity index (χ1v) is 7.19. The molecule has 22 heavy (non-hydrogen) atoms. The number of pyridine rings is 3. The summed E-state index contributed by atoms with van der Waals surface area (Å²) in [6.07, 6.45) is 6.33. The molecule has 4 rings (SSSR count). The van der Waals surface area contributed by atoms with Gasteiger partial charge in [-0.05, 0) is 36.4 Å². The molecule has 0 spiro atoms. The van der Waals surface area contributed by atoms with E-state index in [9.17, 15) is 0 Å². The van der Waals surface area contributed by atoms with Crippen LogP contribution < -0.4 is 0 Å². The highest BCUT2D eigenvalue weighted by molar-refractivity contribution is 5.63. The van der Waals surface area contributed by atoms with Gasteiger partial charge in [0.2, 0.25) is 0 Å². The molecule has 0 saturated heterocycles. The van der Waals surface area contributed by atoms with Crippen LogP contribution in [0.3, 0.4) is 0 Å². The number of fused-ring (bicyclic) bond motifs is 1. The van der Waals surface area contributed by atoms with E-state index in [-0.39, 0.29) is 0 Å². The summed E-state index contributed by atoms with van der Waals surface area (Å²) in [5, 5.41) is 0. The Balaban J connectivity index is 1.86. The number of aromatic nitrogens is 4. The molecule has 0 amide bonds. The van der Waals surface area contributed by atoms with E-state index in [0.717, 1.165) is 28.4 Å². The van der Waals surface area contributed by atoms with Crippen LogP contribution >= 0.6 is 0 Å². The van der Waals surface area contributed by atoms with Crippen molar-refractivity contribution in [2.75, 3.05) is 0 Å². The van der Waals surface area contributed by atoms with Gasteiger partial charge in [-0.2, -0.15) is 0 Å². The summed E-state index contributed by atoms with van der Waals surface area (Å²) >= 11 is 0. The Morgan fingerprint density at radius 3 is 2.41 bits per heavy atom. The Hall–Kier alpha value is -3.01. The van der Waals surface area contributed by atoms with E-state index in [2.05, 4.69) is 20.4 Å². The molecule has 4 nitrogen and oxygen atoms in total. The monoisotopic (exact) mass is 286 g/mol. The fourth-order valence-electron chi connectivity index (χ4n) is 2.58. The second-order valence-corrected chi connectivity index (χ2v) is 5.05. The first-order valence-electron chi connectivity index (χ1n) is 7.19. The molecule has 0 saturated carbocycles. The van der Waals surface area contributed by atoms with Gasteiger partial charge in [0, 0.05) is 30.7 Å². The molecule has 4 aromatic heterocycles. The minimum atomic E-state index is 0.710. The quantitative estimate of drug-likeness (QED) is 0.580. The number of hydrogen-bond donors (Lipinski definition) is 0. The van der Waals surface area contributed by atoms with Crippen LogP contribution in [0.2, 0.25) is 0 Å². The number of imidazole rings is 1. The highest BCUT2D eigenvalue weighted by atomic mass is 15.0. The van der Waals surface area contributed by atoms with Gasteiger partial charge >= 0.3 is 0 Å². The van der Waals surface area contributed by atoms with Crippen LogP contribution in [-0.2, 0) is 6.42 Å². The zero-order valence-corrected chi connectivity index (χ0v) is 11.9. The lowest BCUT2D eigenvalue weighted by Gasteiger charge is -1.99. The molecule has 0 unspecified atom stereocenters. The maximum Gasteiger partial charge on any atom is 0.163 e. The number of hydrogen-bond acceptors (Lipinski definition) is 3. The summed E-state index contributed by atoms with van der Waals surface area (Å²) in [5.41, 5.74) is 3.99. The van der Waals surface area contributed by atoms with Crippen LogP contribution in [0.15, 0.2) is 73.2 Å². The van der Waals surface area contributed by atoms with Gasteiger partial charge in [-0.25, -0.2) is 4.98 Å². The minimum Gasteiger partial charge on any atom is -0.298 e. The standard InChI is InChI=1S/C18H14N4/c1-4-10-19-14(7-1)13-16-17-9-3-6-12-22(17)18(21-16)15-8-2-5-11-20-15/h1-12H,13H2. The van der Waals surface area contributed by atoms with E-state index in [1.54, 1.807) is 6.20 Å². The molecule has 0 aromatic carbocycles.